The zero-order valence-corrected chi connectivity index (χ0v) is 5.63. The van der Waals surface area contributed by atoms with E-state index in [1.54, 1.807) is 0 Å². The summed E-state index contributed by atoms with van der Waals surface area (Å²) in [5.41, 5.74) is 0. The van der Waals surface area contributed by atoms with Gasteiger partial charge >= 0.3 is 0 Å². The number of rotatable bonds is 4. The zero-order valence-electron chi connectivity index (χ0n) is 4.82. The SMILES string of the molecule is Cl.FCCN(CF)CF. The Balaban J connectivity index is 0. The Morgan fingerprint density at radius 2 is 1.44 bits per heavy atom. The van der Waals surface area contributed by atoms with Crippen LogP contribution < -0.4 is 0 Å². The molecule has 0 saturated heterocycles. The van der Waals surface area contributed by atoms with Gasteiger partial charge in [0.2, 0.25) is 0 Å². The maximum atomic E-state index is 11.4. The molecule has 0 aromatic heterocycles. The van der Waals surface area contributed by atoms with Crippen molar-refractivity contribution in [2.75, 3.05) is 26.8 Å². The van der Waals surface area contributed by atoms with Crippen LogP contribution in [0.3, 0.4) is 0 Å². The van der Waals surface area contributed by atoms with Gasteiger partial charge in [-0.05, 0) is 0 Å². The van der Waals surface area contributed by atoms with E-state index in [2.05, 4.69) is 0 Å². The first-order valence-corrected chi connectivity index (χ1v) is 2.25. The topological polar surface area (TPSA) is 3.24 Å². The summed E-state index contributed by atoms with van der Waals surface area (Å²) in [7, 11) is 0. The smallest absolute Gasteiger partial charge is 0.145 e. The van der Waals surface area contributed by atoms with Crippen LogP contribution in [0.2, 0.25) is 0 Å². The van der Waals surface area contributed by atoms with Crippen LogP contribution >= 0.6 is 12.4 Å². The highest BCUT2D eigenvalue weighted by Crippen LogP contribution is 1.87. The van der Waals surface area contributed by atoms with Gasteiger partial charge < -0.3 is 0 Å². The Morgan fingerprint density at radius 1 is 1.00 bits per heavy atom. The number of hydrogen-bond acceptors (Lipinski definition) is 1. The summed E-state index contributed by atoms with van der Waals surface area (Å²) in [4.78, 5) is 0.722. The molecule has 9 heavy (non-hydrogen) atoms. The molecule has 0 saturated carbocycles. The van der Waals surface area contributed by atoms with Crippen molar-refractivity contribution in [1.82, 2.24) is 4.90 Å². The van der Waals surface area contributed by atoms with Gasteiger partial charge in [-0.3, -0.25) is 0 Å². The molecule has 1 nitrogen and oxygen atoms in total. The lowest BCUT2D eigenvalue weighted by Crippen LogP contribution is -2.23. The Labute approximate surface area is 58.2 Å². The largest absolute Gasteiger partial charge is 0.250 e. The molecule has 0 amide bonds. The summed E-state index contributed by atoms with van der Waals surface area (Å²) in [5.74, 6) is 0. The normalized spacial score (nSPS) is 9.33. The van der Waals surface area contributed by atoms with E-state index in [0.29, 0.717) is 0 Å². The fourth-order valence-electron chi connectivity index (χ4n) is 0.271. The van der Waals surface area contributed by atoms with E-state index >= 15 is 0 Å². The quantitative estimate of drug-likeness (QED) is 0.569. The van der Waals surface area contributed by atoms with Crippen LogP contribution in [0.4, 0.5) is 13.2 Å². The Kier molecular flexibility index (Phi) is 10.5. The predicted octanol–water partition coefficient (Wildman–Crippen LogP) is 1.53. The molecule has 0 bridgehead atoms. The van der Waals surface area contributed by atoms with E-state index in [1.165, 1.54) is 0 Å². The summed E-state index contributed by atoms with van der Waals surface area (Å²) in [6, 6.07) is 0. The number of halogens is 4. The molecule has 0 spiro atoms. The minimum absolute atomic E-state index is 0. The number of nitrogens with zero attached hydrogens (tertiary/aromatic N) is 1. The molecule has 0 radical (unpaired) electrons. The molecule has 58 valence electrons. The van der Waals surface area contributed by atoms with Crippen LogP contribution in [0.15, 0.2) is 0 Å². The molecule has 5 heteroatoms. The second-order valence-electron chi connectivity index (χ2n) is 1.32. The Bertz CT molecular complexity index is 51.1. The molecule has 0 heterocycles. The molecule has 0 aromatic carbocycles. The minimum Gasteiger partial charge on any atom is -0.250 e. The lowest BCUT2D eigenvalue weighted by atomic mass is 10.6. The van der Waals surface area contributed by atoms with E-state index in [1.807, 2.05) is 0 Å². The zero-order chi connectivity index (χ0) is 6.41. The monoisotopic (exact) mass is 163 g/mol. The molecule has 0 unspecified atom stereocenters. The van der Waals surface area contributed by atoms with Gasteiger partial charge in [-0.1, -0.05) is 0 Å². The van der Waals surface area contributed by atoms with Gasteiger partial charge in [0.15, 0.2) is 0 Å². The Morgan fingerprint density at radius 3 is 1.56 bits per heavy atom. The highest BCUT2D eigenvalue weighted by molar-refractivity contribution is 5.85. The van der Waals surface area contributed by atoms with E-state index in [0.717, 1.165) is 4.90 Å². The summed E-state index contributed by atoms with van der Waals surface area (Å²) in [6.07, 6.45) is 0. The molecule has 0 atom stereocenters. The van der Waals surface area contributed by atoms with Crippen molar-refractivity contribution in [2.45, 2.75) is 0 Å². The van der Waals surface area contributed by atoms with Crippen LogP contribution in [-0.2, 0) is 0 Å². The second kappa shape index (κ2) is 8.04. The van der Waals surface area contributed by atoms with Crippen LogP contribution in [0.25, 0.3) is 0 Å². The predicted molar refractivity (Wildman–Crippen MR) is 31.9 cm³/mol. The summed E-state index contributed by atoms with van der Waals surface area (Å²) in [6.45, 7) is -2.69. The van der Waals surface area contributed by atoms with E-state index < -0.39 is 20.3 Å². The summed E-state index contributed by atoms with van der Waals surface area (Å²) < 4.78 is 34.0. The first-order valence-electron chi connectivity index (χ1n) is 2.25. The van der Waals surface area contributed by atoms with Crippen LogP contribution in [0.1, 0.15) is 0 Å². The molecule has 0 aliphatic rings. The van der Waals surface area contributed by atoms with Crippen LogP contribution in [0, 0.1) is 0 Å². The maximum absolute atomic E-state index is 11.4. The van der Waals surface area contributed by atoms with Gasteiger partial charge in [0.25, 0.3) is 0 Å². The molecule has 0 aliphatic carbocycles. The number of alkyl halides is 3. The highest BCUT2D eigenvalue weighted by Gasteiger charge is 1.99. The fraction of sp³-hybridized carbons (Fsp3) is 1.00. The molecule has 0 aromatic rings. The first-order chi connectivity index (χ1) is 3.85. The first kappa shape index (κ1) is 11.8. The van der Waals surface area contributed by atoms with Gasteiger partial charge in [-0.15, -0.1) is 12.4 Å². The molecule has 0 rings (SSSR count). The lowest BCUT2D eigenvalue weighted by molar-refractivity contribution is 0.117. The van der Waals surface area contributed by atoms with Crippen molar-refractivity contribution in [3.05, 3.63) is 0 Å². The van der Waals surface area contributed by atoms with Crippen molar-refractivity contribution >= 4 is 12.4 Å². The van der Waals surface area contributed by atoms with Crippen molar-refractivity contribution in [2.24, 2.45) is 0 Å². The summed E-state index contributed by atoms with van der Waals surface area (Å²) >= 11 is 0. The van der Waals surface area contributed by atoms with E-state index in [-0.39, 0.29) is 19.0 Å². The van der Waals surface area contributed by atoms with Gasteiger partial charge in [-0.25, -0.2) is 18.1 Å². The second-order valence-corrected chi connectivity index (χ2v) is 1.32. The minimum atomic E-state index is -0.916. The maximum Gasteiger partial charge on any atom is 0.145 e. The molecular weight excluding hydrogens is 154 g/mol. The average Bonchev–Trinajstić information content (AvgIpc) is 1.83. The molecular formula is C4H9ClF3N. The summed E-state index contributed by atoms with van der Waals surface area (Å²) in [5, 5.41) is 0. The van der Waals surface area contributed by atoms with E-state index in [9.17, 15) is 13.2 Å². The average molecular weight is 164 g/mol. The van der Waals surface area contributed by atoms with Crippen LogP contribution in [-0.4, -0.2) is 31.7 Å². The third-order valence-electron chi connectivity index (χ3n) is 0.739. The van der Waals surface area contributed by atoms with Gasteiger partial charge in [0.1, 0.15) is 20.3 Å². The van der Waals surface area contributed by atoms with E-state index in [4.69, 9.17) is 0 Å². The fourth-order valence-corrected chi connectivity index (χ4v) is 0.271. The van der Waals surface area contributed by atoms with Crippen molar-refractivity contribution in [3.8, 4) is 0 Å². The number of hydrogen-bond donors (Lipinski definition) is 0. The lowest BCUT2D eigenvalue weighted by Gasteiger charge is -2.09. The standard InChI is InChI=1S/C4H8F3N.ClH/c5-1-2-8(3-6)4-7;/h1-4H2;1H. The van der Waals surface area contributed by atoms with Gasteiger partial charge in [-0.2, -0.15) is 0 Å². The third kappa shape index (κ3) is 5.92. The van der Waals surface area contributed by atoms with Crippen LogP contribution in [0.5, 0.6) is 0 Å². The van der Waals surface area contributed by atoms with Crippen molar-refractivity contribution in [3.63, 3.8) is 0 Å². The highest BCUT2D eigenvalue weighted by atomic mass is 35.5. The van der Waals surface area contributed by atoms with Gasteiger partial charge in [0, 0.05) is 6.54 Å². The molecule has 0 aliphatic heterocycles. The van der Waals surface area contributed by atoms with Crippen molar-refractivity contribution < 1.29 is 13.2 Å². The Hall–Kier alpha value is 0.0400. The van der Waals surface area contributed by atoms with Gasteiger partial charge in [0.05, 0.1) is 0 Å². The molecule has 0 fully saturated rings. The third-order valence-corrected chi connectivity index (χ3v) is 0.739. The molecule has 0 N–H and O–H groups in total. The van der Waals surface area contributed by atoms with Crippen molar-refractivity contribution in [1.29, 1.82) is 0 Å².